The first-order valence-corrected chi connectivity index (χ1v) is 10.6. The Kier molecular flexibility index (Phi) is 6.41. The molecule has 1 heterocycles. The number of allylic oxidation sites excluding steroid dienone is 2. The smallest absolute Gasteiger partial charge is 0.200 e. The lowest BCUT2D eigenvalue weighted by Gasteiger charge is -2.11. The van der Waals surface area contributed by atoms with Crippen molar-refractivity contribution < 1.29 is 13.9 Å². The minimum atomic E-state index is -0.0415. The van der Waals surface area contributed by atoms with Gasteiger partial charge in [0.05, 0.1) is 23.4 Å². The molecule has 0 aliphatic heterocycles. The molecule has 0 aliphatic rings. The lowest BCUT2D eigenvalue weighted by atomic mass is 10.1. The first-order valence-electron chi connectivity index (χ1n) is 10.6. The van der Waals surface area contributed by atoms with Crippen molar-refractivity contribution in [3.05, 3.63) is 99.7 Å². The van der Waals surface area contributed by atoms with Gasteiger partial charge in [-0.3, -0.25) is 4.79 Å². The second-order valence-corrected chi connectivity index (χ2v) is 7.83. The molecule has 0 saturated carbocycles. The summed E-state index contributed by atoms with van der Waals surface area (Å²) >= 11 is 0. The minimum Gasteiger partial charge on any atom is -0.497 e. The number of fused-ring (bicyclic) bond motifs is 2. The highest BCUT2D eigenvalue weighted by Gasteiger charge is 2.14. The average molecular weight is 427 g/mol. The van der Waals surface area contributed by atoms with Crippen molar-refractivity contribution in [2.75, 3.05) is 13.7 Å². The van der Waals surface area contributed by atoms with E-state index in [1.807, 2.05) is 74.5 Å². The Hall–Kier alpha value is -3.79. The van der Waals surface area contributed by atoms with Crippen LogP contribution in [0, 0.1) is 0 Å². The Morgan fingerprint density at radius 3 is 2.66 bits per heavy atom. The summed E-state index contributed by atoms with van der Waals surface area (Å²) in [7, 11) is 1.66. The van der Waals surface area contributed by atoms with Gasteiger partial charge in [-0.05, 0) is 68.3 Å². The molecule has 0 radical (unpaired) electrons. The van der Waals surface area contributed by atoms with E-state index >= 15 is 0 Å². The van der Waals surface area contributed by atoms with Crippen molar-refractivity contribution in [1.82, 2.24) is 0 Å². The Balaban J connectivity index is 1.79. The van der Waals surface area contributed by atoms with Gasteiger partial charge < -0.3 is 13.9 Å². The monoisotopic (exact) mass is 426 g/mol. The van der Waals surface area contributed by atoms with E-state index in [1.54, 1.807) is 19.2 Å². The molecule has 4 nitrogen and oxygen atoms in total. The third-order valence-corrected chi connectivity index (χ3v) is 5.25. The van der Waals surface area contributed by atoms with Crippen molar-refractivity contribution in [2.24, 2.45) is 0 Å². The SMILES string of the molecule is COc1cccc(CC=Cc2c(OCC=C(C)C)ccc3c(=O)c4ccccc4oc23)c1. The van der Waals surface area contributed by atoms with Crippen molar-refractivity contribution in [3.8, 4) is 11.5 Å². The van der Waals surface area contributed by atoms with Crippen LogP contribution in [0.4, 0.5) is 0 Å². The average Bonchev–Trinajstić information content (AvgIpc) is 2.80. The zero-order valence-corrected chi connectivity index (χ0v) is 18.6. The molecule has 0 unspecified atom stereocenters. The summed E-state index contributed by atoms with van der Waals surface area (Å²) in [5, 5.41) is 1.11. The maximum Gasteiger partial charge on any atom is 0.200 e. The van der Waals surface area contributed by atoms with Crippen LogP contribution in [0.25, 0.3) is 28.0 Å². The van der Waals surface area contributed by atoms with Gasteiger partial charge in [-0.25, -0.2) is 0 Å². The fourth-order valence-electron chi connectivity index (χ4n) is 3.56. The van der Waals surface area contributed by atoms with E-state index < -0.39 is 0 Å². The lowest BCUT2D eigenvalue weighted by molar-refractivity contribution is 0.361. The topological polar surface area (TPSA) is 48.7 Å². The summed E-state index contributed by atoms with van der Waals surface area (Å²) in [6.07, 6.45) is 6.74. The van der Waals surface area contributed by atoms with Crippen molar-refractivity contribution in [1.29, 1.82) is 0 Å². The normalized spacial score (nSPS) is 11.2. The lowest BCUT2D eigenvalue weighted by Crippen LogP contribution is -2.04. The van der Waals surface area contributed by atoms with Crippen LogP contribution in [0.2, 0.25) is 0 Å². The van der Waals surface area contributed by atoms with Gasteiger partial charge in [0, 0.05) is 0 Å². The Bertz CT molecular complexity index is 1370. The van der Waals surface area contributed by atoms with Crippen molar-refractivity contribution in [2.45, 2.75) is 20.3 Å². The molecular formula is C28H26O4. The Morgan fingerprint density at radius 1 is 1.00 bits per heavy atom. The number of rotatable bonds is 7. The number of ether oxygens (including phenoxy) is 2. The molecule has 4 rings (SSSR count). The highest BCUT2D eigenvalue weighted by molar-refractivity contribution is 5.95. The largest absolute Gasteiger partial charge is 0.497 e. The van der Waals surface area contributed by atoms with Crippen LogP contribution in [-0.4, -0.2) is 13.7 Å². The van der Waals surface area contributed by atoms with Gasteiger partial charge in [0.1, 0.15) is 29.3 Å². The molecule has 0 amide bonds. The fourth-order valence-corrected chi connectivity index (χ4v) is 3.56. The summed E-state index contributed by atoms with van der Waals surface area (Å²) < 4.78 is 17.6. The van der Waals surface area contributed by atoms with Crippen molar-refractivity contribution in [3.63, 3.8) is 0 Å². The molecule has 3 aromatic carbocycles. The highest BCUT2D eigenvalue weighted by Crippen LogP contribution is 2.30. The molecule has 0 N–H and O–H groups in total. The second kappa shape index (κ2) is 9.56. The number of benzene rings is 3. The maximum atomic E-state index is 13.1. The Labute approximate surface area is 187 Å². The number of methoxy groups -OCH3 is 1. The Morgan fingerprint density at radius 2 is 1.84 bits per heavy atom. The second-order valence-electron chi connectivity index (χ2n) is 7.83. The van der Waals surface area contributed by atoms with Crippen LogP contribution in [0.3, 0.4) is 0 Å². The van der Waals surface area contributed by atoms with Gasteiger partial charge in [0.15, 0.2) is 0 Å². The van der Waals surface area contributed by atoms with Crippen LogP contribution in [0.15, 0.2) is 87.6 Å². The quantitative estimate of drug-likeness (QED) is 0.248. The summed E-state index contributed by atoms with van der Waals surface area (Å²) in [5.74, 6) is 1.50. The van der Waals surface area contributed by atoms with Gasteiger partial charge in [-0.1, -0.05) is 42.0 Å². The molecule has 32 heavy (non-hydrogen) atoms. The number of hydrogen-bond acceptors (Lipinski definition) is 4. The van der Waals surface area contributed by atoms with Gasteiger partial charge in [0.25, 0.3) is 0 Å². The van der Waals surface area contributed by atoms with Crippen molar-refractivity contribution >= 4 is 28.0 Å². The predicted molar refractivity (Wildman–Crippen MR) is 131 cm³/mol. The first kappa shape index (κ1) is 21.4. The molecular weight excluding hydrogens is 400 g/mol. The summed E-state index contributed by atoms with van der Waals surface area (Å²) in [6.45, 7) is 4.51. The molecule has 0 bridgehead atoms. The van der Waals surface area contributed by atoms with E-state index in [0.29, 0.717) is 40.7 Å². The molecule has 0 fully saturated rings. The molecule has 4 aromatic rings. The first-order chi connectivity index (χ1) is 15.6. The molecule has 1 aromatic heterocycles. The third-order valence-electron chi connectivity index (χ3n) is 5.25. The highest BCUT2D eigenvalue weighted by atomic mass is 16.5. The number of para-hydroxylation sites is 1. The van der Waals surface area contributed by atoms with Gasteiger partial charge in [-0.2, -0.15) is 0 Å². The maximum absolute atomic E-state index is 13.1. The molecule has 0 spiro atoms. The van der Waals surface area contributed by atoms with E-state index in [-0.39, 0.29) is 5.43 Å². The molecule has 0 atom stereocenters. The van der Waals surface area contributed by atoms with Crippen LogP contribution < -0.4 is 14.9 Å². The summed E-state index contributed by atoms with van der Waals surface area (Å²) in [5.41, 5.74) is 4.12. The number of hydrogen-bond donors (Lipinski definition) is 0. The minimum absolute atomic E-state index is 0.0415. The molecule has 0 aliphatic carbocycles. The summed E-state index contributed by atoms with van der Waals surface area (Å²) in [6, 6.07) is 18.9. The molecule has 162 valence electrons. The van der Waals surface area contributed by atoms with E-state index in [9.17, 15) is 4.79 Å². The molecule has 4 heteroatoms. The zero-order chi connectivity index (χ0) is 22.5. The zero-order valence-electron chi connectivity index (χ0n) is 18.6. The summed E-state index contributed by atoms with van der Waals surface area (Å²) in [4.78, 5) is 13.1. The third kappa shape index (κ3) is 4.59. The van der Waals surface area contributed by atoms with E-state index in [2.05, 4.69) is 6.07 Å². The predicted octanol–water partition coefficient (Wildman–Crippen LogP) is 6.56. The van der Waals surface area contributed by atoms with Crippen LogP contribution >= 0.6 is 0 Å². The van der Waals surface area contributed by atoms with Gasteiger partial charge in [-0.15, -0.1) is 0 Å². The fraction of sp³-hybridized carbons (Fsp3) is 0.179. The van der Waals surface area contributed by atoms with E-state index in [1.165, 1.54) is 5.57 Å². The molecule has 0 saturated heterocycles. The van der Waals surface area contributed by atoms with E-state index in [4.69, 9.17) is 13.9 Å². The van der Waals surface area contributed by atoms with Crippen LogP contribution in [0.5, 0.6) is 11.5 Å². The van der Waals surface area contributed by atoms with Gasteiger partial charge in [0.2, 0.25) is 5.43 Å². The van der Waals surface area contributed by atoms with Crippen LogP contribution in [-0.2, 0) is 6.42 Å². The standard InChI is InChI=1S/C28H26O4/c1-19(2)16-17-31-25-15-14-24-27(29)22-11-4-5-13-26(22)32-28(24)23(25)12-7-9-20-8-6-10-21(18-20)30-3/h4-8,10-16,18H,9,17H2,1-3H3. The van der Waals surface area contributed by atoms with E-state index in [0.717, 1.165) is 16.9 Å². The van der Waals surface area contributed by atoms with Gasteiger partial charge >= 0.3 is 0 Å². The van der Waals surface area contributed by atoms with Crippen LogP contribution in [0.1, 0.15) is 25.0 Å².